The molecule has 0 saturated carbocycles. The average molecular weight is 676 g/mol. The Kier molecular flexibility index (Phi) is 13.7. The Morgan fingerprint density at radius 2 is 1.62 bits per heavy atom. The fourth-order valence-electron chi connectivity index (χ4n) is 4.00. The molecule has 20 heteroatoms. The van der Waals surface area contributed by atoms with E-state index in [1.165, 1.54) is 24.7 Å². The monoisotopic (exact) mass is 675 g/mol. The topological polar surface area (TPSA) is 294 Å². The second-order valence-corrected chi connectivity index (χ2v) is 11.0. The summed E-state index contributed by atoms with van der Waals surface area (Å²) < 4.78 is 23.9. The molecule has 8 N–H and O–H groups in total. The number of aliphatic hydroxyl groups is 1. The Bertz CT molecular complexity index is 1720. The Balaban J connectivity index is 0.000000261. The van der Waals surface area contributed by atoms with Gasteiger partial charge in [-0.3, -0.25) is 23.7 Å². The number of esters is 3. The molecule has 0 aliphatic rings. The van der Waals surface area contributed by atoms with E-state index < -0.39 is 23.7 Å². The summed E-state index contributed by atoms with van der Waals surface area (Å²) in [4.78, 5) is 67.8. The molecule has 20 nitrogen and oxygen atoms in total. The van der Waals surface area contributed by atoms with Crippen LogP contribution >= 0.6 is 0 Å². The summed E-state index contributed by atoms with van der Waals surface area (Å²) in [6.07, 6.45) is 4.44. The van der Waals surface area contributed by atoms with Crippen LogP contribution < -0.4 is 22.8 Å². The molecule has 0 aliphatic carbocycles. The molecule has 0 aliphatic heterocycles. The van der Waals surface area contributed by atoms with Crippen LogP contribution in [0.2, 0.25) is 0 Å². The normalized spacial score (nSPS) is 12.5. The summed E-state index contributed by atoms with van der Waals surface area (Å²) in [7, 11) is 0. The molecule has 0 radical (unpaired) electrons. The van der Waals surface area contributed by atoms with Crippen molar-refractivity contribution in [3.63, 3.8) is 0 Å². The summed E-state index contributed by atoms with van der Waals surface area (Å²) in [6, 6.07) is -0.738. The van der Waals surface area contributed by atoms with Crippen LogP contribution in [0, 0.1) is 11.8 Å². The number of carbonyl (C=O) groups is 3. The number of aryl methyl sites for hydroxylation is 1. The lowest BCUT2D eigenvalue weighted by atomic mass is 10.1. The van der Waals surface area contributed by atoms with Crippen LogP contribution in [0.3, 0.4) is 0 Å². The maximum absolute atomic E-state index is 11.7. The van der Waals surface area contributed by atoms with E-state index in [1.54, 1.807) is 26.4 Å². The van der Waals surface area contributed by atoms with Gasteiger partial charge < -0.3 is 50.8 Å². The van der Waals surface area contributed by atoms with Gasteiger partial charge in [-0.15, -0.1) is 0 Å². The van der Waals surface area contributed by atoms with E-state index in [1.807, 2.05) is 4.57 Å². The number of nitrogens with two attached hydrogens (primary N) is 3. The quantitative estimate of drug-likeness (QED) is 0.0753. The summed E-state index contributed by atoms with van der Waals surface area (Å²) in [5, 5.41) is 9.36. The highest BCUT2D eigenvalue weighted by Crippen LogP contribution is 2.14. The molecule has 4 aromatic heterocycles. The number of nitrogens with zero attached hydrogens (tertiary/aromatic N) is 7. The van der Waals surface area contributed by atoms with E-state index in [9.17, 15) is 24.3 Å². The van der Waals surface area contributed by atoms with Gasteiger partial charge in [0.15, 0.2) is 11.2 Å². The van der Waals surface area contributed by atoms with E-state index in [0.29, 0.717) is 29.8 Å². The van der Waals surface area contributed by atoms with Gasteiger partial charge in [0, 0.05) is 26.3 Å². The smallest absolute Gasteiger partial charge is 0.323 e. The molecule has 0 aromatic carbocycles. The van der Waals surface area contributed by atoms with Crippen molar-refractivity contribution in [2.24, 2.45) is 17.6 Å². The van der Waals surface area contributed by atoms with E-state index >= 15 is 0 Å². The molecule has 1 unspecified atom stereocenters. The van der Waals surface area contributed by atoms with Gasteiger partial charge in [-0.05, 0) is 12.3 Å². The molecule has 0 fully saturated rings. The first-order valence-corrected chi connectivity index (χ1v) is 14.8. The molecule has 0 amide bonds. The summed E-state index contributed by atoms with van der Waals surface area (Å²) in [6.45, 7) is 6.67. The van der Waals surface area contributed by atoms with Crippen LogP contribution in [0.5, 0.6) is 0 Å². The third kappa shape index (κ3) is 11.0. The summed E-state index contributed by atoms with van der Waals surface area (Å²) in [5.74, 6) is -1.34. The predicted molar refractivity (Wildman–Crippen MR) is 169 cm³/mol. The Morgan fingerprint density at radius 3 is 2.25 bits per heavy atom. The molecule has 4 rings (SSSR count). The lowest BCUT2D eigenvalue weighted by molar-refractivity contribution is -0.153. The van der Waals surface area contributed by atoms with Gasteiger partial charge >= 0.3 is 23.5 Å². The summed E-state index contributed by atoms with van der Waals surface area (Å²) >= 11 is 0. The number of imidazole rings is 2. The third-order valence-corrected chi connectivity index (χ3v) is 6.76. The number of hydrogen-bond donors (Lipinski definition) is 5. The lowest BCUT2D eigenvalue weighted by Crippen LogP contribution is -2.39. The second-order valence-electron chi connectivity index (χ2n) is 11.0. The Labute approximate surface area is 273 Å². The first-order chi connectivity index (χ1) is 22.8. The van der Waals surface area contributed by atoms with Crippen molar-refractivity contribution in [3.8, 4) is 0 Å². The van der Waals surface area contributed by atoms with Crippen molar-refractivity contribution in [1.29, 1.82) is 0 Å². The first kappa shape index (κ1) is 37.2. The van der Waals surface area contributed by atoms with Crippen molar-refractivity contribution >= 4 is 52.1 Å². The fraction of sp³-hybridized carbons (Fsp3) is 0.536. The van der Waals surface area contributed by atoms with Crippen LogP contribution in [-0.4, -0.2) is 101 Å². The van der Waals surface area contributed by atoms with Crippen molar-refractivity contribution in [1.82, 2.24) is 39.0 Å². The van der Waals surface area contributed by atoms with Crippen LogP contribution in [0.1, 0.15) is 34.1 Å². The largest absolute Gasteiger partial charge is 0.465 e. The van der Waals surface area contributed by atoms with Gasteiger partial charge in [-0.2, -0.15) is 9.97 Å². The number of fused-ring (bicyclic) bond motifs is 2. The van der Waals surface area contributed by atoms with E-state index in [0.717, 1.165) is 0 Å². The maximum atomic E-state index is 11.7. The van der Waals surface area contributed by atoms with Crippen LogP contribution in [-0.2, 0) is 46.6 Å². The number of nitrogens with one attached hydrogen (secondary N) is 1. The number of nitrogen functional groups attached to an aromatic ring is 2. The van der Waals surface area contributed by atoms with Crippen molar-refractivity contribution in [2.45, 2.75) is 59.5 Å². The molecule has 0 spiro atoms. The number of aliphatic hydroxyl groups excluding tert-OH is 1. The molecular weight excluding hydrogens is 634 g/mol. The van der Waals surface area contributed by atoms with E-state index in [-0.39, 0.29) is 74.3 Å². The van der Waals surface area contributed by atoms with Crippen LogP contribution in [0.4, 0.5) is 11.9 Å². The minimum absolute atomic E-state index is 0.0467. The van der Waals surface area contributed by atoms with Crippen molar-refractivity contribution in [3.05, 3.63) is 29.2 Å². The number of anilines is 2. The Morgan fingerprint density at radius 1 is 0.958 bits per heavy atom. The maximum Gasteiger partial charge on any atom is 0.323 e. The average Bonchev–Trinajstić information content (AvgIpc) is 3.63. The minimum Gasteiger partial charge on any atom is -0.465 e. The van der Waals surface area contributed by atoms with Crippen molar-refractivity contribution in [2.75, 3.05) is 37.9 Å². The molecule has 262 valence electrons. The third-order valence-electron chi connectivity index (χ3n) is 6.76. The van der Waals surface area contributed by atoms with E-state index in [4.69, 9.17) is 36.1 Å². The molecular formula is C28H41N11O9. The fourth-order valence-corrected chi connectivity index (χ4v) is 4.00. The first-order valence-electron chi connectivity index (χ1n) is 14.8. The molecule has 2 atom stereocenters. The van der Waals surface area contributed by atoms with Gasteiger partial charge in [-0.25, -0.2) is 15.0 Å². The van der Waals surface area contributed by atoms with Crippen molar-refractivity contribution < 1.29 is 38.4 Å². The highest BCUT2D eigenvalue weighted by molar-refractivity contribution is 5.75. The molecule has 48 heavy (non-hydrogen) atoms. The SMILES string of the molecule is CC(=O)OCC(CCn1cnc2cnc(N)nc21)COC(C)=O.CC(C)[C@H](N)C(=O)OCC(CO)OCn1cnc2c(=O)nc(N)[nH]c21. The van der Waals surface area contributed by atoms with E-state index in [2.05, 4.69) is 29.9 Å². The van der Waals surface area contributed by atoms with Gasteiger partial charge in [-0.1, -0.05) is 13.8 Å². The minimum atomic E-state index is -0.758. The van der Waals surface area contributed by atoms with Gasteiger partial charge in [0.1, 0.15) is 36.6 Å². The number of hydrogen-bond acceptors (Lipinski definition) is 17. The summed E-state index contributed by atoms with van der Waals surface area (Å²) in [5.41, 5.74) is 18.0. The number of carbonyl (C=O) groups excluding carboxylic acids is 3. The number of aromatic nitrogens is 8. The standard InChI is InChI=1S/C14H22N6O5.C14H19N5O4/c1-7(2)9(15)13(23)24-4-8(3-21)25-6-20-5-17-10-11(20)18-14(16)19-12(10)22;1-9(20)22-6-11(7-23-10(2)21)3-4-19-8-17-12-5-16-14(15)18-13(12)19/h5,7-9,21H,3-4,6,15H2,1-2H3,(H3,16,18,19,22);5,8,11H,3-4,6-7H2,1-2H3,(H2,15,16,18)/t8?,9-;/m0./s1. The lowest BCUT2D eigenvalue weighted by Gasteiger charge is -2.19. The number of aromatic amines is 1. The van der Waals surface area contributed by atoms with Gasteiger partial charge in [0.05, 0.1) is 38.7 Å². The van der Waals surface area contributed by atoms with Gasteiger partial charge in [0.25, 0.3) is 0 Å². The highest BCUT2D eigenvalue weighted by atomic mass is 16.6. The predicted octanol–water partition coefficient (Wildman–Crippen LogP) is -0.896. The number of ether oxygens (including phenoxy) is 4. The number of rotatable bonds is 15. The molecule has 0 bridgehead atoms. The number of H-pyrrole nitrogens is 1. The van der Waals surface area contributed by atoms with Crippen LogP contribution in [0.15, 0.2) is 23.6 Å². The van der Waals surface area contributed by atoms with Crippen LogP contribution in [0.25, 0.3) is 22.3 Å². The molecule has 4 heterocycles. The Hall–Kier alpha value is -5.21. The zero-order valence-electron chi connectivity index (χ0n) is 27.1. The zero-order chi connectivity index (χ0) is 35.4. The zero-order valence-corrected chi connectivity index (χ0v) is 27.1. The van der Waals surface area contributed by atoms with Gasteiger partial charge in [0.2, 0.25) is 11.9 Å². The highest BCUT2D eigenvalue weighted by Gasteiger charge is 2.21. The molecule has 0 saturated heterocycles. The molecule has 4 aromatic rings. The second kappa shape index (κ2) is 17.6.